The highest BCUT2D eigenvalue weighted by atomic mass is 16.5. The van der Waals surface area contributed by atoms with E-state index >= 15 is 0 Å². The molecule has 2 N–H and O–H groups in total. The normalized spacial score (nSPS) is 20.2. The molecule has 5 heteroatoms. The highest BCUT2D eigenvalue weighted by Crippen LogP contribution is 2.32. The van der Waals surface area contributed by atoms with Crippen LogP contribution in [0.2, 0.25) is 0 Å². The zero-order valence-electron chi connectivity index (χ0n) is 12.5. The first-order valence-electron chi connectivity index (χ1n) is 7.92. The van der Waals surface area contributed by atoms with Crippen LogP contribution in [0.3, 0.4) is 0 Å². The molecule has 3 rings (SSSR count). The quantitative estimate of drug-likeness (QED) is 0.877. The van der Waals surface area contributed by atoms with Crippen LogP contribution in [0.5, 0.6) is 5.75 Å². The number of nitrogens with one attached hydrogen (secondary N) is 1. The molecule has 0 bridgehead atoms. The molecule has 0 unspecified atom stereocenters. The van der Waals surface area contributed by atoms with E-state index in [0.29, 0.717) is 24.2 Å². The van der Waals surface area contributed by atoms with Gasteiger partial charge in [-0.3, -0.25) is 4.79 Å². The van der Waals surface area contributed by atoms with Gasteiger partial charge in [-0.05, 0) is 63.1 Å². The number of carbonyl (C=O) groups is 2. The van der Waals surface area contributed by atoms with Crippen molar-refractivity contribution in [3.8, 4) is 5.75 Å². The van der Waals surface area contributed by atoms with Crippen molar-refractivity contribution in [1.29, 1.82) is 0 Å². The first kappa shape index (κ1) is 14.9. The summed E-state index contributed by atoms with van der Waals surface area (Å²) in [6.07, 6.45) is 6.53. The van der Waals surface area contributed by atoms with Gasteiger partial charge in [-0.15, -0.1) is 0 Å². The molecule has 5 nitrogen and oxygen atoms in total. The standard InChI is InChI=1S/C17H21NO4/c19-15(18-17(16(20)21)9-4-10-17)12-5-3-8-14(11-12)22-13-6-1-2-7-13/h3,5,8,11,13H,1-2,4,6-7,9-10H2,(H,18,19)(H,20,21). The third kappa shape index (κ3) is 2.93. The van der Waals surface area contributed by atoms with Crippen LogP contribution in [0.15, 0.2) is 24.3 Å². The Morgan fingerprint density at radius 1 is 1.18 bits per heavy atom. The summed E-state index contributed by atoms with van der Waals surface area (Å²) >= 11 is 0. The third-order valence-corrected chi connectivity index (χ3v) is 4.67. The van der Waals surface area contributed by atoms with Gasteiger partial charge >= 0.3 is 5.97 Å². The van der Waals surface area contributed by atoms with Gasteiger partial charge in [0.2, 0.25) is 0 Å². The van der Waals surface area contributed by atoms with Crippen molar-refractivity contribution < 1.29 is 19.4 Å². The Morgan fingerprint density at radius 2 is 1.91 bits per heavy atom. The number of carboxylic acid groups (broad SMARTS) is 1. The van der Waals surface area contributed by atoms with Crippen LogP contribution >= 0.6 is 0 Å². The maximum Gasteiger partial charge on any atom is 0.329 e. The number of carbonyl (C=O) groups excluding carboxylic acids is 1. The summed E-state index contributed by atoms with van der Waals surface area (Å²) in [4.78, 5) is 23.6. The number of carboxylic acids is 1. The maximum atomic E-state index is 12.3. The predicted molar refractivity (Wildman–Crippen MR) is 81.0 cm³/mol. The summed E-state index contributed by atoms with van der Waals surface area (Å²) in [5, 5.41) is 12.0. The number of amides is 1. The van der Waals surface area contributed by atoms with E-state index in [2.05, 4.69) is 5.32 Å². The molecular weight excluding hydrogens is 282 g/mol. The average Bonchev–Trinajstić information content (AvgIpc) is 2.95. The molecule has 0 spiro atoms. The third-order valence-electron chi connectivity index (χ3n) is 4.67. The molecule has 2 saturated carbocycles. The Hall–Kier alpha value is -2.04. The molecule has 0 saturated heterocycles. The SMILES string of the molecule is O=C(NC1(C(=O)O)CCC1)c1cccc(OC2CCCC2)c1. The highest BCUT2D eigenvalue weighted by Gasteiger charge is 2.45. The minimum atomic E-state index is -1.08. The van der Waals surface area contributed by atoms with Crippen LogP contribution in [-0.4, -0.2) is 28.6 Å². The van der Waals surface area contributed by atoms with Gasteiger partial charge in [0.15, 0.2) is 0 Å². The van der Waals surface area contributed by atoms with E-state index in [-0.39, 0.29) is 12.0 Å². The van der Waals surface area contributed by atoms with Crippen molar-refractivity contribution in [2.75, 3.05) is 0 Å². The van der Waals surface area contributed by atoms with Crippen LogP contribution in [0.4, 0.5) is 0 Å². The lowest BCUT2D eigenvalue weighted by Crippen LogP contribution is -2.59. The van der Waals surface area contributed by atoms with Gasteiger partial charge in [0.05, 0.1) is 6.10 Å². The monoisotopic (exact) mass is 303 g/mol. The lowest BCUT2D eigenvalue weighted by atomic mass is 9.76. The largest absolute Gasteiger partial charge is 0.490 e. The Morgan fingerprint density at radius 3 is 2.50 bits per heavy atom. The number of aliphatic carboxylic acids is 1. The fourth-order valence-electron chi connectivity index (χ4n) is 3.12. The van der Waals surface area contributed by atoms with Gasteiger partial charge in [-0.2, -0.15) is 0 Å². The Kier molecular flexibility index (Phi) is 4.05. The topological polar surface area (TPSA) is 75.6 Å². The maximum absolute atomic E-state index is 12.3. The lowest BCUT2D eigenvalue weighted by molar-refractivity contribution is -0.148. The molecular formula is C17H21NO4. The molecule has 0 atom stereocenters. The van der Waals surface area contributed by atoms with E-state index in [0.717, 1.165) is 19.3 Å². The van der Waals surface area contributed by atoms with Gasteiger partial charge in [0.1, 0.15) is 11.3 Å². The summed E-state index contributed by atoms with van der Waals surface area (Å²) in [6.45, 7) is 0. The minimum absolute atomic E-state index is 0.232. The van der Waals surface area contributed by atoms with Gasteiger partial charge in [-0.25, -0.2) is 4.79 Å². The van der Waals surface area contributed by atoms with Crippen molar-refractivity contribution in [1.82, 2.24) is 5.32 Å². The van der Waals surface area contributed by atoms with E-state index in [1.54, 1.807) is 18.2 Å². The molecule has 22 heavy (non-hydrogen) atoms. The number of benzene rings is 1. The van der Waals surface area contributed by atoms with Crippen molar-refractivity contribution in [3.05, 3.63) is 29.8 Å². The van der Waals surface area contributed by atoms with Crippen molar-refractivity contribution in [2.45, 2.75) is 56.6 Å². The van der Waals surface area contributed by atoms with Crippen molar-refractivity contribution >= 4 is 11.9 Å². The first-order valence-corrected chi connectivity index (χ1v) is 7.92. The summed E-state index contributed by atoms with van der Waals surface area (Å²) < 4.78 is 5.89. The molecule has 0 radical (unpaired) electrons. The Labute approximate surface area is 129 Å². The Bertz CT molecular complexity index is 574. The van der Waals surface area contributed by atoms with Gasteiger partial charge in [0, 0.05) is 5.56 Å². The predicted octanol–water partition coefficient (Wildman–Crippen LogP) is 2.75. The molecule has 2 aliphatic carbocycles. The second kappa shape index (κ2) is 5.99. The molecule has 0 aliphatic heterocycles. The molecule has 1 aromatic rings. The number of hydrogen-bond acceptors (Lipinski definition) is 3. The van der Waals surface area contributed by atoms with Crippen molar-refractivity contribution in [3.63, 3.8) is 0 Å². The number of hydrogen-bond donors (Lipinski definition) is 2. The van der Waals surface area contributed by atoms with Gasteiger partial charge in [0.25, 0.3) is 5.91 Å². The number of ether oxygens (including phenoxy) is 1. The van der Waals surface area contributed by atoms with E-state index in [1.165, 1.54) is 12.8 Å². The minimum Gasteiger partial charge on any atom is -0.490 e. The highest BCUT2D eigenvalue weighted by molar-refractivity contribution is 5.98. The fourth-order valence-corrected chi connectivity index (χ4v) is 3.12. The van der Waals surface area contributed by atoms with Gasteiger partial charge in [-0.1, -0.05) is 6.07 Å². The van der Waals surface area contributed by atoms with E-state index in [4.69, 9.17) is 4.74 Å². The van der Waals surface area contributed by atoms with E-state index < -0.39 is 11.5 Å². The molecule has 0 heterocycles. The first-order chi connectivity index (χ1) is 10.6. The van der Waals surface area contributed by atoms with Crippen molar-refractivity contribution in [2.24, 2.45) is 0 Å². The zero-order chi connectivity index (χ0) is 15.6. The molecule has 1 aromatic carbocycles. The zero-order valence-corrected chi connectivity index (χ0v) is 12.5. The number of rotatable bonds is 5. The smallest absolute Gasteiger partial charge is 0.329 e. The van der Waals surface area contributed by atoms with Crippen LogP contribution in [0.25, 0.3) is 0 Å². The summed E-state index contributed by atoms with van der Waals surface area (Å²) in [5.41, 5.74) is -0.637. The fraction of sp³-hybridized carbons (Fsp3) is 0.529. The molecule has 2 fully saturated rings. The second-order valence-electron chi connectivity index (χ2n) is 6.25. The molecule has 118 valence electrons. The molecule has 1 amide bonds. The van der Waals surface area contributed by atoms with Crippen LogP contribution < -0.4 is 10.1 Å². The average molecular weight is 303 g/mol. The summed E-state index contributed by atoms with van der Waals surface area (Å²) in [7, 11) is 0. The van der Waals surface area contributed by atoms with E-state index in [1.807, 2.05) is 6.07 Å². The van der Waals surface area contributed by atoms with Crippen LogP contribution in [-0.2, 0) is 4.79 Å². The lowest BCUT2D eigenvalue weighted by Gasteiger charge is -2.38. The van der Waals surface area contributed by atoms with Crippen LogP contribution in [0.1, 0.15) is 55.3 Å². The van der Waals surface area contributed by atoms with Gasteiger partial charge < -0.3 is 15.2 Å². The molecule has 0 aromatic heterocycles. The summed E-state index contributed by atoms with van der Waals surface area (Å²) in [5.74, 6) is -0.623. The van der Waals surface area contributed by atoms with Crippen LogP contribution in [0, 0.1) is 0 Å². The molecule has 2 aliphatic rings. The second-order valence-corrected chi connectivity index (χ2v) is 6.25. The van der Waals surface area contributed by atoms with E-state index in [9.17, 15) is 14.7 Å². The Balaban J connectivity index is 1.68. The summed E-state index contributed by atoms with van der Waals surface area (Å²) in [6, 6.07) is 6.99.